The van der Waals surface area contributed by atoms with Crippen LogP contribution < -0.4 is 10.7 Å². The lowest BCUT2D eigenvalue weighted by Crippen LogP contribution is -2.34. The Balaban J connectivity index is 0.00000141. The van der Waals surface area contributed by atoms with Gasteiger partial charge in [-0.1, -0.05) is 113 Å². The standard InChI is InChI=1S/C33H37N3O.2C2H6/c1-6-10-12-17-25(7-2)33-32(26-18-13-11-14-19-26)28-20-15-16-21-31(28)36(33)23-27(37)22-35-24(5)34-29(8-3)30(35)9-4;2*1-2/h6-9,11-21,27,37H,1,10,22-23H2,2-5H3;2*1-2H3/b17-12-,25-7+,29-8+,30-9+;;. The van der Waals surface area contributed by atoms with E-state index >= 15 is 0 Å². The van der Waals surface area contributed by atoms with Crippen LogP contribution in [0.1, 0.15) is 66.4 Å². The number of fused-ring (bicyclic) bond motifs is 1. The van der Waals surface area contributed by atoms with Crippen molar-refractivity contribution >= 4 is 28.6 Å². The molecule has 4 nitrogen and oxygen atoms in total. The fraction of sp³-hybridized carbons (Fsp3) is 0.324. The lowest BCUT2D eigenvalue weighted by Gasteiger charge is -2.19. The first-order valence-electron chi connectivity index (χ1n) is 15.0. The van der Waals surface area contributed by atoms with Gasteiger partial charge in [-0.2, -0.15) is 0 Å². The molecule has 4 rings (SSSR count). The molecule has 0 saturated carbocycles. The van der Waals surface area contributed by atoms with Gasteiger partial charge in [0.25, 0.3) is 0 Å². The first-order chi connectivity index (χ1) is 20.0. The number of hydrogen-bond acceptors (Lipinski definition) is 2. The van der Waals surface area contributed by atoms with Crippen molar-refractivity contribution < 1.29 is 5.11 Å². The van der Waals surface area contributed by atoms with Crippen LogP contribution in [0.3, 0.4) is 0 Å². The second kappa shape index (κ2) is 17.0. The Labute approximate surface area is 247 Å². The van der Waals surface area contributed by atoms with E-state index in [0.717, 1.165) is 45.3 Å². The third-order valence-electron chi connectivity index (χ3n) is 6.78. The predicted octanol–water partition coefficient (Wildman–Crippen LogP) is 8.06. The van der Waals surface area contributed by atoms with Gasteiger partial charge >= 0.3 is 0 Å². The van der Waals surface area contributed by atoms with E-state index in [1.807, 2.05) is 66.7 Å². The van der Waals surface area contributed by atoms with Gasteiger partial charge in [0.15, 0.2) is 0 Å². The molecule has 0 saturated heterocycles. The van der Waals surface area contributed by atoms with Crippen molar-refractivity contribution in [1.82, 2.24) is 14.1 Å². The zero-order chi connectivity index (χ0) is 30.4. The fourth-order valence-electron chi connectivity index (χ4n) is 5.12. The number of hydrogen-bond donors (Lipinski definition) is 1. The maximum Gasteiger partial charge on any atom is 0.106 e. The summed E-state index contributed by atoms with van der Waals surface area (Å²) in [5, 5.41) is 14.6. The number of benzene rings is 2. The highest BCUT2D eigenvalue weighted by Gasteiger charge is 2.22. The number of imidazole rings is 1. The van der Waals surface area contributed by atoms with Gasteiger partial charge in [0.05, 0.1) is 35.6 Å². The number of allylic oxidation sites excluding steroid dienone is 5. The molecule has 0 aliphatic rings. The molecule has 0 spiro atoms. The molecule has 2 aromatic heterocycles. The highest BCUT2D eigenvalue weighted by atomic mass is 16.3. The summed E-state index contributed by atoms with van der Waals surface area (Å²) >= 11 is 0. The maximum absolute atomic E-state index is 11.5. The Morgan fingerprint density at radius 1 is 0.902 bits per heavy atom. The van der Waals surface area contributed by atoms with Crippen molar-refractivity contribution in [3.8, 4) is 11.1 Å². The Hall–Kier alpha value is -3.89. The minimum Gasteiger partial charge on any atom is -0.389 e. The molecule has 2 heterocycles. The summed E-state index contributed by atoms with van der Waals surface area (Å²) in [6.45, 7) is 20.9. The van der Waals surface area contributed by atoms with Gasteiger partial charge in [-0.3, -0.25) is 0 Å². The molecule has 2 aromatic carbocycles. The molecule has 4 heteroatoms. The monoisotopic (exact) mass is 551 g/mol. The van der Waals surface area contributed by atoms with Crippen LogP contribution in [0.2, 0.25) is 0 Å². The minimum atomic E-state index is -0.607. The SMILES string of the molecule is C=CC/C=C\C(=C/C)c1c(-c2ccccc2)c2ccccc2n1CC(O)Cn1c(C)nc(=C/C)/c1=C\C.CC.CC. The number of rotatable bonds is 9. The summed E-state index contributed by atoms with van der Waals surface area (Å²) in [6, 6.07) is 19.0. The van der Waals surface area contributed by atoms with E-state index in [1.54, 1.807) is 0 Å². The average Bonchev–Trinajstić information content (AvgIpc) is 3.51. The Morgan fingerprint density at radius 3 is 2.15 bits per heavy atom. The molecule has 0 aliphatic carbocycles. The largest absolute Gasteiger partial charge is 0.389 e. The fourth-order valence-corrected chi connectivity index (χ4v) is 5.12. The molecule has 1 N–H and O–H groups in total. The summed E-state index contributed by atoms with van der Waals surface area (Å²) in [5.74, 6) is 0.907. The van der Waals surface area contributed by atoms with Crippen molar-refractivity contribution in [3.05, 3.63) is 108 Å². The molecule has 0 amide bonds. The first kappa shape index (κ1) is 33.3. The zero-order valence-electron chi connectivity index (χ0n) is 26.4. The van der Waals surface area contributed by atoms with Crippen molar-refractivity contribution in [1.29, 1.82) is 0 Å². The molecule has 41 heavy (non-hydrogen) atoms. The number of para-hydroxylation sites is 1. The van der Waals surface area contributed by atoms with Crippen LogP contribution in [0.5, 0.6) is 0 Å². The molecular weight excluding hydrogens is 502 g/mol. The molecular formula is C37H49N3O. The molecule has 1 atom stereocenters. The minimum absolute atomic E-state index is 0.460. The third-order valence-corrected chi connectivity index (χ3v) is 6.78. The van der Waals surface area contributed by atoms with Crippen molar-refractivity contribution in [3.63, 3.8) is 0 Å². The van der Waals surface area contributed by atoms with Crippen molar-refractivity contribution in [2.75, 3.05) is 0 Å². The Morgan fingerprint density at radius 2 is 1.54 bits per heavy atom. The van der Waals surface area contributed by atoms with Gasteiger partial charge in [0.2, 0.25) is 0 Å². The van der Waals surface area contributed by atoms with Crippen LogP contribution in [-0.4, -0.2) is 25.3 Å². The van der Waals surface area contributed by atoms with Crippen LogP contribution >= 0.6 is 0 Å². The summed E-state index contributed by atoms with van der Waals surface area (Å²) in [5.41, 5.74) is 5.69. The molecule has 218 valence electrons. The van der Waals surface area contributed by atoms with E-state index in [9.17, 15) is 5.11 Å². The van der Waals surface area contributed by atoms with Gasteiger partial charge in [0.1, 0.15) is 5.82 Å². The quantitative estimate of drug-likeness (QED) is 0.169. The Bertz CT molecular complexity index is 1570. The van der Waals surface area contributed by atoms with Gasteiger partial charge < -0.3 is 14.2 Å². The van der Waals surface area contributed by atoms with Gasteiger partial charge in [-0.05, 0) is 51.3 Å². The highest BCUT2D eigenvalue weighted by Crippen LogP contribution is 2.39. The van der Waals surface area contributed by atoms with Crippen LogP contribution in [0.15, 0.2) is 85.5 Å². The molecule has 0 radical (unpaired) electrons. The maximum atomic E-state index is 11.5. The first-order valence-corrected chi connectivity index (χ1v) is 15.0. The van der Waals surface area contributed by atoms with Gasteiger partial charge in [-0.25, -0.2) is 4.98 Å². The topological polar surface area (TPSA) is 43.0 Å². The highest BCUT2D eigenvalue weighted by molar-refractivity contribution is 6.03. The molecule has 0 aliphatic heterocycles. The summed E-state index contributed by atoms with van der Waals surface area (Å²) in [7, 11) is 0. The number of aryl methyl sites for hydroxylation is 1. The lowest BCUT2D eigenvalue weighted by atomic mass is 9.98. The number of aliphatic hydroxyl groups excluding tert-OH is 1. The summed E-state index contributed by atoms with van der Waals surface area (Å²) < 4.78 is 4.40. The van der Waals surface area contributed by atoms with Crippen molar-refractivity contribution in [2.24, 2.45) is 0 Å². The van der Waals surface area contributed by atoms with E-state index < -0.39 is 6.10 Å². The van der Waals surface area contributed by atoms with Crippen LogP contribution in [-0.2, 0) is 13.1 Å². The molecule has 4 aromatic rings. The zero-order valence-corrected chi connectivity index (χ0v) is 26.4. The molecule has 0 bridgehead atoms. The van der Waals surface area contributed by atoms with Crippen LogP contribution in [0, 0.1) is 6.92 Å². The predicted molar refractivity (Wildman–Crippen MR) is 180 cm³/mol. The van der Waals surface area contributed by atoms with E-state index in [1.165, 1.54) is 10.9 Å². The van der Waals surface area contributed by atoms with E-state index in [-0.39, 0.29) is 0 Å². The lowest BCUT2D eigenvalue weighted by molar-refractivity contribution is 0.134. The van der Waals surface area contributed by atoms with E-state index in [2.05, 4.69) is 100 Å². The van der Waals surface area contributed by atoms with Crippen LogP contribution in [0.4, 0.5) is 0 Å². The Kier molecular flexibility index (Phi) is 13.8. The number of aromatic nitrogens is 3. The third kappa shape index (κ3) is 7.65. The van der Waals surface area contributed by atoms with Crippen LogP contribution in [0.25, 0.3) is 39.8 Å². The van der Waals surface area contributed by atoms with E-state index in [4.69, 9.17) is 0 Å². The normalized spacial score (nSPS) is 13.1. The second-order valence-corrected chi connectivity index (χ2v) is 9.16. The molecule has 0 fully saturated rings. The summed E-state index contributed by atoms with van der Waals surface area (Å²) in [4.78, 5) is 4.69. The summed E-state index contributed by atoms with van der Waals surface area (Å²) in [6.07, 6.45) is 12.6. The van der Waals surface area contributed by atoms with Crippen molar-refractivity contribution in [2.45, 2.75) is 81.0 Å². The second-order valence-electron chi connectivity index (χ2n) is 9.16. The average molecular weight is 552 g/mol. The number of nitrogens with zero attached hydrogens (tertiary/aromatic N) is 3. The number of aliphatic hydroxyl groups is 1. The smallest absolute Gasteiger partial charge is 0.106 e. The van der Waals surface area contributed by atoms with E-state index in [0.29, 0.717) is 13.1 Å². The van der Waals surface area contributed by atoms with Gasteiger partial charge in [-0.15, -0.1) is 6.58 Å². The van der Waals surface area contributed by atoms with Gasteiger partial charge in [0, 0.05) is 16.5 Å². The molecule has 1 unspecified atom stereocenters.